The van der Waals surface area contributed by atoms with Crippen molar-refractivity contribution in [3.8, 4) is 0 Å². The first-order chi connectivity index (χ1) is 18.7. The third-order valence-corrected chi connectivity index (χ3v) is 7.82. The van der Waals surface area contributed by atoms with Crippen molar-refractivity contribution in [2.75, 3.05) is 36.5 Å². The molecule has 4 aromatic rings. The number of aromatic nitrogens is 2. The molecule has 3 aromatic carbocycles. The lowest BCUT2D eigenvalue weighted by Crippen LogP contribution is -2.37. The van der Waals surface area contributed by atoms with E-state index in [1.165, 1.54) is 35.5 Å². The summed E-state index contributed by atoms with van der Waals surface area (Å²) in [7, 11) is -3.99. The van der Waals surface area contributed by atoms with E-state index in [1.807, 2.05) is 0 Å². The van der Waals surface area contributed by atoms with Crippen molar-refractivity contribution in [1.29, 1.82) is 0 Å². The van der Waals surface area contributed by atoms with Crippen LogP contribution in [0.25, 0.3) is 11.0 Å². The van der Waals surface area contributed by atoms with Crippen molar-refractivity contribution in [3.05, 3.63) is 92.8 Å². The minimum absolute atomic E-state index is 0.0650. The maximum Gasteiger partial charge on any atom is 0.300 e. The number of nitro benzene ring substituents is 2. The molecule has 5 rings (SSSR count). The Morgan fingerprint density at radius 3 is 2.18 bits per heavy atom. The van der Waals surface area contributed by atoms with E-state index < -0.39 is 37.2 Å². The van der Waals surface area contributed by atoms with E-state index in [9.17, 15) is 33.4 Å². The molecule has 1 aliphatic heterocycles. The highest BCUT2D eigenvalue weighted by atomic mass is 32.2. The highest BCUT2D eigenvalue weighted by Gasteiger charge is 2.33. The van der Waals surface area contributed by atoms with Gasteiger partial charge in [-0.25, -0.2) is 17.4 Å². The number of carbonyl (C=O) groups excluding carboxylic acids is 1. The zero-order chi connectivity index (χ0) is 27.7. The molecule has 0 radical (unpaired) electrons. The predicted octanol–water partition coefficient (Wildman–Crippen LogP) is 3.18. The Bertz CT molecular complexity index is 1680. The van der Waals surface area contributed by atoms with Crippen LogP contribution in [0.4, 0.5) is 22.7 Å². The molecule has 0 atom stereocenters. The van der Waals surface area contributed by atoms with Crippen LogP contribution in [0, 0.1) is 20.2 Å². The fraction of sp³-hybridized carbons (Fsp3) is 0.167. The Labute approximate surface area is 220 Å². The van der Waals surface area contributed by atoms with Gasteiger partial charge in [-0.05, 0) is 36.4 Å². The number of hydrogen-bond acceptors (Lipinski definition) is 10. The van der Waals surface area contributed by atoms with Crippen LogP contribution in [0.15, 0.2) is 71.9 Å². The van der Waals surface area contributed by atoms with Gasteiger partial charge in [0.2, 0.25) is 0 Å². The second kappa shape index (κ2) is 10.1. The van der Waals surface area contributed by atoms with E-state index in [0.29, 0.717) is 11.0 Å². The molecule has 0 saturated carbocycles. The molecule has 0 aliphatic carbocycles. The van der Waals surface area contributed by atoms with Crippen LogP contribution < -0.4 is 10.2 Å². The van der Waals surface area contributed by atoms with E-state index >= 15 is 0 Å². The number of nitro groups is 2. The molecule has 1 aromatic heterocycles. The Morgan fingerprint density at radius 2 is 1.56 bits per heavy atom. The van der Waals surface area contributed by atoms with Crippen molar-refractivity contribution in [3.63, 3.8) is 0 Å². The quantitative estimate of drug-likeness (QED) is 0.264. The number of imidazole rings is 1. The van der Waals surface area contributed by atoms with Crippen LogP contribution in [0.2, 0.25) is 0 Å². The number of hydrogen-bond donors (Lipinski definition) is 1. The van der Waals surface area contributed by atoms with Gasteiger partial charge >= 0.3 is 0 Å². The van der Waals surface area contributed by atoms with Gasteiger partial charge in [0.15, 0.2) is 5.69 Å². The summed E-state index contributed by atoms with van der Waals surface area (Å²) in [5.41, 5.74) is -0.558. The molecule has 14 nitrogen and oxygen atoms in total. The van der Waals surface area contributed by atoms with Gasteiger partial charge in [0.25, 0.3) is 27.3 Å². The van der Waals surface area contributed by atoms with Crippen LogP contribution in [-0.4, -0.2) is 59.4 Å². The van der Waals surface area contributed by atoms with Crippen molar-refractivity contribution in [2.24, 2.45) is 0 Å². The third kappa shape index (κ3) is 4.87. The monoisotopic (exact) mass is 552 g/mol. The third-order valence-electron chi connectivity index (χ3n) is 6.14. The number of fused-ring (bicyclic) bond motifs is 1. The van der Waals surface area contributed by atoms with Gasteiger partial charge in [0, 0.05) is 30.9 Å². The normalized spacial score (nSPS) is 13.8. The fourth-order valence-electron chi connectivity index (χ4n) is 4.28. The average molecular weight is 553 g/mol. The van der Waals surface area contributed by atoms with Gasteiger partial charge in [-0.1, -0.05) is 12.1 Å². The van der Waals surface area contributed by atoms with Crippen molar-refractivity contribution in [1.82, 2.24) is 8.96 Å². The molecule has 0 unspecified atom stereocenters. The lowest BCUT2D eigenvalue weighted by atomic mass is 10.1. The number of benzene rings is 3. The lowest BCUT2D eigenvalue weighted by molar-refractivity contribution is -0.392. The SMILES string of the molecule is O=C(Nc1ccc(S(=O)(=O)n2cnc3ccccc32)cc1)c1cc([N+](=O)[O-])c(N2CCOCC2)c([N+](=O)[O-])c1. The second-order valence-corrected chi connectivity index (χ2v) is 10.3. The molecule has 1 aliphatic rings. The number of anilines is 2. The molecule has 1 saturated heterocycles. The summed E-state index contributed by atoms with van der Waals surface area (Å²) in [6, 6.07) is 14.0. The van der Waals surface area contributed by atoms with Gasteiger partial charge in [-0.3, -0.25) is 25.0 Å². The molecule has 0 bridgehead atoms. The number of nitrogens with zero attached hydrogens (tertiary/aromatic N) is 5. The maximum atomic E-state index is 13.1. The minimum atomic E-state index is -3.99. The van der Waals surface area contributed by atoms with Crippen molar-refractivity contribution >= 4 is 49.7 Å². The number of carbonyl (C=O) groups is 1. The van der Waals surface area contributed by atoms with E-state index in [-0.39, 0.29) is 48.1 Å². The lowest BCUT2D eigenvalue weighted by Gasteiger charge is -2.28. The van der Waals surface area contributed by atoms with E-state index in [0.717, 1.165) is 16.1 Å². The van der Waals surface area contributed by atoms with E-state index in [1.54, 1.807) is 24.3 Å². The summed E-state index contributed by atoms with van der Waals surface area (Å²) in [6.07, 6.45) is 1.20. The number of ether oxygens (including phenoxy) is 1. The van der Waals surface area contributed by atoms with Gasteiger partial charge < -0.3 is 15.0 Å². The first-order valence-corrected chi connectivity index (χ1v) is 13.0. The molecule has 200 valence electrons. The number of nitrogens with one attached hydrogen (secondary N) is 1. The van der Waals surface area contributed by atoms with Gasteiger partial charge in [-0.2, -0.15) is 0 Å². The first-order valence-electron chi connectivity index (χ1n) is 11.6. The highest BCUT2D eigenvalue weighted by molar-refractivity contribution is 7.90. The molecule has 1 amide bonds. The zero-order valence-electron chi connectivity index (χ0n) is 20.1. The molecule has 39 heavy (non-hydrogen) atoms. The molecule has 1 fully saturated rings. The Hall–Kier alpha value is -4.89. The van der Waals surface area contributed by atoms with Crippen LogP contribution >= 0.6 is 0 Å². The summed E-state index contributed by atoms with van der Waals surface area (Å²) in [6.45, 7) is 0.938. The van der Waals surface area contributed by atoms with Gasteiger partial charge in [-0.15, -0.1) is 0 Å². The molecule has 1 N–H and O–H groups in total. The molecular weight excluding hydrogens is 532 g/mol. The number of morpholine rings is 1. The summed E-state index contributed by atoms with van der Waals surface area (Å²) in [5.74, 6) is -0.842. The Balaban J connectivity index is 1.43. The van der Waals surface area contributed by atoms with Gasteiger partial charge in [0.1, 0.15) is 6.33 Å². The fourth-order valence-corrected chi connectivity index (χ4v) is 5.57. The van der Waals surface area contributed by atoms with Crippen LogP contribution in [0.3, 0.4) is 0 Å². The largest absolute Gasteiger partial charge is 0.378 e. The molecule has 15 heteroatoms. The number of rotatable bonds is 7. The predicted molar refractivity (Wildman–Crippen MR) is 139 cm³/mol. The molecular formula is C24H20N6O8S. The Kier molecular flexibility index (Phi) is 6.67. The average Bonchev–Trinajstić information content (AvgIpc) is 3.38. The van der Waals surface area contributed by atoms with Crippen LogP contribution in [0.5, 0.6) is 0 Å². The van der Waals surface area contributed by atoms with E-state index in [2.05, 4.69) is 10.3 Å². The van der Waals surface area contributed by atoms with Crippen LogP contribution in [-0.2, 0) is 14.8 Å². The van der Waals surface area contributed by atoms with Crippen molar-refractivity contribution < 1.29 is 27.8 Å². The molecule has 0 spiro atoms. The van der Waals surface area contributed by atoms with Crippen LogP contribution in [0.1, 0.15) is 10.4 Å². The minimum Gasteiger partial charge on any atom is -0.378 e. The summed E-state index contributed by atoms with van der Waals surface area (Å²) >= 11 is 0. The standard InChI is InChI=1S/C24H20N6O8S/c31-24(16-13-21(29(32)33)23(22(14-16)30(34)35)27-9-11-38-12-10-27)26-17-5-7-18(8-6-17)39(36,37)28-15-25-19-3-1-2-4-20(19)28/h1-8,13-15H,9-12H2,(H,26,31). The number of amides is 1. The molecule has 2 heterocycles. The smallest absolute Gasteiger partial charge is 0.300 e. The maximum absolute atomic E-state index is 13.1. The first kappa shape index (κ1) is 25.7. The number of para-hydroxylation sites is 2. The summed E-state index contributed by atoms with van der Waals surface area (Å²) < 4.78 is 32.5. The second-order valence-electron chi connectivity index (χ2n) is 8.49. The van der Waals surface area contributed by atoms with Gasteiger partial charge in [0.05, 0.1) is 44.6 Å². The summed E-state index contributed by atoms with van der Waals surface area (Å²) in [5, 5.41) is 26.1. The highest BCUT2D eigenvalue weighted by Crippen LogP contribution is 2.39. The topological polar surface area (TPSA) is 180 Å². The Morgan fingerprint density at radius 1 is 0.949 bits per heavy atom. The van der Waals surface area contributed by atoms with Crippen molar-refractivity contribution in [2.45, 2.75) is 4.90 Å². The zero-order valence-corrected chi connectivity index (χ0v) is 20.9. The van der Waals surface area contributed by atoms with E-state index in [4.69, 9.17) is 4.74 Å². The summed E-state index contributed by atoms with van der Waals surface area (Å²) in [4.78, 5) is 40.6.